The number of nitrogens with one attached hydrogen (secondary N) is 1. The minimum Gasteiger partial charge on any atom is -0.310 e. The SMILES string of the molecule is CC#CCCNCc1nc(C)cs1. The highest BCUT2D eigenvalue weighted by molar-refractivity contribution is 7.09. The second-order valence-electron chi connectivity index (χ2n) is 2.74. The second kappa shape index (κ2) is 5.74. The highest BCUT2D eigenvalue weighted by Crippen LogP contribution is 2.07. The van der Waals surface area contributed by atoms with Gasteiger partial charge in [-0.25, -0.2) is 4.98 Å². The van der Waals surface area contributed by atoms with Gasteiger partial charge in [-0.05, 0) is 13.8 Å². The molecule has 0 unspecified atom stereocenters. The van der Waals surface area contributed by atoms with Crippen LogP contribution in [-0.4, -0.2) is 11.5 Å². The van der Waals surface area contributed by atoms with Gasteiger partial charge in [-0.2, -0.15) is 0 Å². The maximum atomic E-state index is 4.35. The number of hydrogen-bond acceptors (Lipinski definition) is 3. The molecule has 1 aromatic heterocycles. The molecule has 1 heterocycles. The highest BCUT2D eigenvalue weighted by Gasteiger charge is 1.96. The predicted molar refractivity (Wildman–Crippen MR) is 56.6 cm³/mol. The molecule has 0 radical (unpaired) electrons. The predicted octanol–water partition coefficient (Wildman–Crippen LogP) is 1.95. The summed E-state index contributed by atoms with van der Waals surface area (Å²) < 4.78 is 0. The van der Waals surface area contributed by atoms with Crippen LogP contribution in [-0.2, 0) is 6.54 Å². The van der Waals surface area contributed by atoms with Crippen LogP contribution < -0.4 is 5.32 Å². The van der Waals surface area contributed by atoms with E-state index < -0.39 is 0 Å². The molecule has 0 atom stereocenters. The first-order valence-electron chi connectivity index (χ1n) is 4.34. The number of aryl methyl sites for hydroxylation is 1. The van der Waals surface area contributed by atoms with Gasteiger partial charge in [0.05, 0.1) is 0 Å². The third-order valence-corrected chi connectivity index (χ3v) is 2.51. The molecule has 1 aromatic rings. The molecule has 0 aliphatic rings. The normalized spacial score (nSPS) is 9.38. The van der Waals surface area contributed by atoms with E-state index in [1.807, 2.05) is 13.8 Å². The molecule has 0 aliphatic carbocycles. The highest BCUT2D eigenvalue weighted by atomic mass is 32.1. The molecule has 0 fully saturated rings. The van der Waals surface area contributed by atoms with Crippen LogP contribution in [0.2, 0.25) is 0 Å². The topological polar surface area (TPSA) is 24.9 Å². The largest absolute Gasteiger partial charge is 0.310 e. The van der Waals surface area contributed by atoms with Gasteiger partial charge in [-0.15, -0.1) is 23.2 Å². The summed E-state index contributed by atoms with van der Waals surface area (Å²) in [6.45, 7) is 5.69. The molecule has 1 N–H and O–H groups in total. The van der Waals surface area contributed by atoms with E-state index in [0.717, 1.165) is 30.2 Å². The summed E-state index contributed by atoms with van der Waals surface area (Å²) in [4.78, 5) is 4.35. The van der Waals surface area contributed by atoms with Crippen LogP contribution in [0.5, 0.6) is 0 Å². The number of nitrogens with zero attached hydrogens (tertiary/aromatic N) is 1. The van der Waals surface area contributed by atoms with Crippen molar-refractivity contribution in [3.05, 3.63) is 16.1 Å². The van der Waals surface area contributed by atoms with Crippen LogP contribution in [0.1, 0.15) is 24.0 Å². The van der Waals surface area contributed by atoms with E-state index in [2.05, 4.69) is 27.5 Å². The fraction of sp³-hybridized carbons (Fsp3) is 0.500. The Bertz CT molecular complexity index is 306. The van der Waals surface area contributed by atoms with E-state index in [4.69, 9.17) is 0 Å². The van der Waals surface area contributed by atoms with E-state index >= 15 is 0 Å². The Labute approximate surface area is 83.4 Å². The van der Waals surface area contributed by atoms with Gasteiger partial charge in [0.25, 0.3) is 0 Å². The van der Waals surface area contributed by atoms with Gasteiger partial charge in [0.1, 0.15) is 5.01 Å². The lowest BCUT2D eigenvalue weighted by molar-refractivity contribution is 0.697. The smallest absolute Gasteiger partial charge is 0.107 e. The molecule has 0 aliphatic heterocycles. The summed E-state index contributed by atoms with van der Waals surface area (Å²) in [5, 5.41) is 6.52. The van der Waals surface area contributed by atoms with Crippen LogP contribution in [0.3, 0.4) is 0 Å². The van der Waals surface area contributed by atoms with E-state index in [1.54, 1.807) is 11.3 Å². The molecule has 0 spiro atoms. The fourth-order valence-electron chi connectivity index (χ4n) is 0.955. The lowest BCUT2D eigenvalue weighted by Gasteiger charge is -1.97. The maximum Gasteiger partial charge on any atom is 0.107 e. The van der Waals surface area contributed by atoms with Crippen LogP contribution >= 0.6 is 11.3 Å². The number of thiazole rings is 1. The molecule has 70 valence electrons. The first-order valence-corrected chi connectivity index (χ1v) is 5.22. The Balaban J connectivity index is 2.15. The van der Waals surface area contributed by atoms with Crippen LogP contribution in [0.25, 0.3) is 0 Å². The molecule has 0 amide bonds. The van der Waals surface area contributed by atoms with Crippen LogP contribution in [0, 0.1) is 18.8 Å². The monoisotopic (exact) mass is 194 g/mol. The van der Waals surface area contributed by atoms with Crippen LogP contribution in [0.15, 0.2) is 5.38 Å². The van der Waals surface area contributed by atoms with Gasteiger partial charge >= 0.3 is 0 Å². The molecule has 0 bridgehead atoms. The minimum atomic E-state index is 0.865. The van der Waals surface area contributed by atoms with Gasteiger partial charge in [-0.3, -0.25) is 0 Å². The van der Waals surface area contributed by atoms with E-state index in [9.17, 15) is 0 Å². The molecule has 0 aromatic carbocycles. The number of aromatic nitrogens is 1. The molecule has 0 saturated carbocycles. The van der Waals surface area contributed by atoms with Gasteiger partial charge < -0.3 is 5.32 Å². The Kier molecular flexibility index (Phi) is 4.52. The molecule has 13 heavy (non-hydrogen) atoms. The molecule has 1 rings (SSSR count). The van der Waals surface area contributed by atoms with Crippen molar-refractivity contribution in [2.75, 3.05) is 6.54 Å². The third-order valence-electron chi connectivity index (χ3n) is 1.55. The minimum absolute atomic E-state index is 0.865. The standard InChI is InChI=1S/C10H14N2S/c1-3-4-5-6-11-7-10-12-9(2)8-13-10/h8,11H,5-7H2,1-2H3. The van der Waals surface area contributed by atoms with Crippen molar-refractivity contribution in [2.45, 2.75) is 26.8 Å². The van der Waals surface area contributed by atoms with E-state index in [-0.39, 0.29) is 0 Å². The zero-order valence-corrected chi connectivity index (χ0v) is 8.87. The Morgan fingerprint density at radius 2 is 2.46 bits per heavy atom. The Morgan fingerprint density at radius 3 is 3.08 bits per heavy atom. The fourth-order valence-corrected chi connectivity index (χ4v) is 1.70. The second-order valence-corrected chi connectivity index (χ2v) is 3.68. The van der Waals surface area contributed by atoms with Crippen molar-refractivity contribution < 1.29 is 0 Å². The van der Waals surface area contributed by atoms with E-state index in [0.29, 0.717) is 0 Å². The molecule has 0 saturated heterocycles. The van der Waals surface area contributed by atoms with Gasteiger partial charge in [0, 0.05) is 30.6 Å². The number of rotatable bonds is 4. The molecule has 3 heteroatoms. The quantitative estimate of drug-likeness (QED) is 0.585. The first-order chi connectivity index (χ1) is 6.33. The summed E-state index contributed by atoms with van der Waals surface area (Å²) >= 11 is 1.70. The summed E-state index contributed by atoms with van der Waals surface area (Å²) in [5.74, 6) is 5.88. The van der Waals surface area contributed by atoms with Crippen molar-refractivity contribution >= 4 is 11.3 Å². The summed E-state index contributed by atoms with van der Waals surface area (Å²) in [7, 11) is 0. The zero-order chi connectivity index (χ0) is 9.52. The van der Waals surface area contributed by atoms with E-state index in [1.165, 1.54) is 0 Å². The molecular formula is C10H14N2S. The Hall–Kier alpha value is -0.850. The lowest BCUT2D eigenvalue weighted by Crippen LogP contribution is -2.13. The zero-order valence-electron chi connectivity index (χ0n) is 8.05. The van der Waals surface area contributed by atoms with Crippen molar-refractivity contribution in [1.82, 2.24) is 10.3 Å². The summed E-state index contributed by atoms with van der Waals surface area (Å²) in [5.41, 5.74) is 1.11. The maximum absolute atomic E-state index is 4.35. The molecular weight excluding hydrogens is 180 g/mol. The Morgan fingerprint density at radius 1 is 1.62 bits per heavy atom. The summed E-state index contributed by atoms with van der Waals surface area (Å²) in [6.07, 6.45) is 0.918. The third kappa shape index (κ3) is 4.07. The van der Waals surface area contributed by atoms with Gasteiger partial charge in [0.2, 0.25) is 0 Å². The van der Waals surface area contributed by atoms with Gasteiger partial charge in [-0.1, -0.05) is 0 Å². The summed E-state index contributed by atoms with van der Waals surface area (Å²) in [6, 6.07) is 0. The lowest BCUT2D eigenvalue weighted by atomic mass is 10.4. The van der Waals surface area contributed by atoms with Crippen molar-refractivity contribution in [1.29, 1.82) is 0 Å². The van der Waals surface area contributed by atoms with Gasteiger partial charge in [0.15, 0.2) is 0 Å². The first kappa shape index (κ1) is 10.2. The van der Waals surface area contributed by atoms with Crippen molar-refractivity contribution in [2.24, 2.45) is 0 Å². The number of hydrogen-bond donors (Lipinski definition) is 1. The van der Waals surface area contributed by atoms with Crippen molar-refractivity contribution in [3.8, 4) is 11.8 Å². The average molecular weight is 194 g/mol. The molecule has 2 nitrogen and oxygen atoms in total. The average Bonchev–Trinajstić information content (AvgIpc) is 2.51. The van der Waals surface area contributed by atoms with Crippen molar-refractivity contribution in [3.63, 3.8) is 0 Å². The van der Waals surface area contributed by atoms with Crippen LogP contribution in [0.4, 0.5) is 0 Å².